The number of para-hydroxylation sites is 2. The van der Waals surface area contributed by atoms with Crippen LogP contribution in [0.5, 0.6) is 0 Å². The third-order valence-electron chi connectivity index (χ3n) is 12.4. The lowest BCUT2D eigenvalue weighted by molar-refractivity contribution is 0.670. The average molecular weight is 790 g/mol. The molecule has 0 aliphatic rings. The zero-order chi connectivity index (χ0) is 41.0. The molecule has 11 aromatic carbocycles. The van der Waals surface area contributed by atoms with Gasteiger partial charge in [-0.1, -0.05) is 188 Å². The molecule has 12 rings (SSSR count). The van der Waals surface area contributed by atoms with Crippen LogP contribution >= 0.6 is 0 Å². The molecule has 1 aromatic heterocycles. The standard InChI is InChI=1S/C60H39NO/c1-3-17-40(18-4-1)42-21-15-22-43(37-42)44-23-16-24-46(38-44)61(57-36-35-48(41-19-5-2-6-20-41)60-59(57)54-30-12-14-32-58(54)62-60)56-31-13-11-25-47(56)45-33-34-53-51-28-8-7-26-49(51)50-27-9-10-29-52(50)55(53)39-45/h1-39H. The molecule has 2 nitrogen and oxygen atoms in total. The molecule has 0 saturated heterocycles. The summed E-state index contributed by atoms with van der Waals surface area (Å²) in [6.45, 7) is 0. The molecule has 290 valence electrons. The van der Waals surface area contributed by atoms with Gasteiger partial charge in [0.05, 0.1) is 16.8 Å². The monoisotopic (exact) mass is 789 g/mol. The first kappa shape index (κ1) is 35.7. The van der Waals surface area contributed by atoms with Crippen molar-refractivity contribution >= 4 is 71.3 Å². The van der Waals surface area contributed by atoms with Crippen molar-refractivity contribution in [3.8, 4) is 44.5 Å². The topological polar surface area (TPSA) is 16.4 Å². The molecule has 0 amide bonds. The first-order valence-electron chi connectivity index (χ1n) is 21.3. The Morgan fingerprint density at radius 3 is 1.53 bits per heavy atom. The van der Waals surface area contributed by atoms with E-state index in [1.165, 1.54) is 43.4 Å². The van der Waals surface area contributed by atoms with Gasteiger partial charge in [-0.3, -0.25) is 0 Å². The first-order chi connectivity index (χ1) is 30.8. The fourth-order valence-electron chi connectivity index (χ4n) is 9.57. The van der Waals surface area contributed by atoms with E-state index < -0.39 is 0 Å². The van der Waals surface area contributed by atoms with Gasteiger partial charge in [0.2, 0.25) is 0 Å². The van der Waals surface area contributed by atoms with Crippen LogP contribution in [0.3, 0.4) is 0 Å². The Morgan fingerprint density at radius 1 is 0.274 bits per heavy atom. The average Bonchev–Trinajstić information content (AvgIpc) is 3.75. The molecule has 0 atom stereocenters. The van der Waals surface area contributed by atoms with Crippen LogP contribution in [0.25, 0.3) is 98.8 Å². The SMILES string of the molecule is c1ccc(-c2cccc(-c3cccc(N(c4ccccc4-c4ccc5c6ccccc6c6ccccc6c5c4)c4ccc(-c5ccccc5)c5oc6ccccc6c45)c3)c2)cc1. The Morgan fingerprint density at radius 2 is 0.806 bits per heavy atom. The minimum absolute atomic E-state index is 0.862. The molecule has 62 heavy (non-hydrogen) atoms. The van der Waals surface area contributed by atoms with Crippen molar-refractivity contribution in [3.05, 3.63) is 237 Å². The van der Waals surface area contributed by atoms with E-state index in [1.54, 1.807) is 0 Å². The maximum absolute atomic E-state index is 6.86. The van der Waals surface area contributed by atoms with E-state index in [1.807, 2.05) is 0 Å². The Labute approximate surface area is 360 Å². The van der Waals surface area contributed by atoms with Crippen LogP contribution in [-0.4, -0.2) is 0 Å². The second-order valence-corrected chi connectivity index (χ2v) is 16.0. The number of hydrogen-bond acceptors (Lipinski definition) is 2. The summed E-state index contributed by atoms with van der Waals surface area (Å²) < 4.78 is 6.86. The predicted molar refractivity (Wildman–Crippen MR) is 263 cm³/mol. The van der Waals surface area contributed by atoms with Gasteiger partial charge in [0, 0.05) is 22.2 Å². The van der Waals surface area contributed by atoms with Crippen molar-refractivity contribution in [1.29, 1.82) is 0 Å². The molecular formula is C60H39NO. The summed E-state index contributed by atoms with van der Waals surface area (Å²) in [6.07, 6.45) is 0. The molecule has 0 bridgehead atoms. The van der Waals surface area contributed by atoms with E-state index in [2.05, 4.69) is 241 Å². The Balaban J connectivity index is 1.12. The van der Waals surface area contributed by atoms with Gasteiger partial charge in [0.1, 0.15) is 11.2 Å². The number of nitrogens with zero attached hydrogens (tertiary/aromatic N) is 1. The van der Waals surface area contributed by atoms with Gasteiger partial charge in [0.25, 0.3) is 0 Å². The summed E-state index contributed by atoms with van der Waals surface area (Å²) in [5, 5.41) is 9.72. The Bertz CT molecular complexity index is 3600. The number of furan rings is 1. The van der Waals surface area contributed by atoms with Gasteiger partial charge in [-0.25, -0.2) is 0 Å². The molecule has 0 fully saturated rings. The number of benzene rings is 11. The highest BCUT2D eigenvalue weighted by molar-refractivity contribution is 6.26. The largest absolute Gasteiger partial charge is 0.455 e. The van der Waals surface area contributed by atoms with Crippen molar-refractivity contribution in [2.24, 2.45) is 0 Å². The maximum Gasteiger partial charge on any atom is 0.145 e. The van der Waals surface area contributed by atoms with Crippen LogP contribution < -0.4 is 4.90 Å². The molecule has 0 aliphatic heterocycles. The van der Waals surface area contributed by atoms with Gasteiger partial charge in [-0.05, 0) is 114 Å². The van der Waals surface area contributed by atoms with E-state index in [9.17, 15) is 0 Å². The number of fused-ring (bicyclic) bond motifs is 9. The summed E-state index contributed by atoms with van der Waals surface area (Å²) >= 11 is 0. The molecule has 0 spiro atoms. The molecule has 0 radical (unpaired) electrons. The molecular weight excluding hydrogens is 751 g/mol. The third-order valence-corrected chi connectivity index (χ3v) is 12.4. The van der Waals surface area contributed by atoms with E-state index >= 15 is 0 Å². The minimum Gasteiger partial charge on any atom is -0.455 e. The highest BCUT2D eigenvalue weighted by Crippen LogP contribution is 2.49. The van der Waals surface area contributed by atoms with Crippen LogP contribution in [0.2, 0.25) is 0 Å². The zero-order valence-corrected chi connectivity index (χ0v) is 33.9. The number of hydrogen-bond donors (Lipinski definition) is 0. The van der Waals surface area contributed by atoms with Crippen LogP contribution in [0.4, 0.5) is 17.1 Å². The smallest absolute Gasteiger partial charge is 0.145 e. The molecule has 0 saturated carbocycles. The van der Waals surface area contributed by atoms with Crippen LogP contribution in [0.1, 0.15) is 0 Å². The molecule has 2 heteroatoms. The zero-order valence-electron chi connectivity index (χ0n) is 33.9. The van der Waals surface area contributed by atoms with Gasteiger partial charge in [0.15, 0.2) is 0 Å². The van der Waals surface area contributed by atoms with Crippen LogP contribution in [-0.2, 0) is 0 Å². The normalized spacial score (nSPS) is 11.5. The van der Waals surface area contributed by atoms with Crippen molar-refractivity contribution in [2.45, 2.75) is 0 Å². The van der Waals surface area contributed by atoms with Gasteiger partial charge < -0.3 is 9.32 Å². The lowest BCUT2D eigenvalue weighted by Crippen LogP contribution is -2.12. The molecule has 0 unspecified atom stereocenters. The lowest BCUT2D eigenvalue weighted by Gasteiger charge is -2.29. The second-order valence-electron chi connectivity index (χ2n) is 16.0. The van der Waals surface area contributed by atoms with Gasteiger partial charge in [-0.2, -0.15) is 0 Å². The van der Waals surface area contributed by atoms with Crippen molar-refractivity contribution < 1.29 is 4.42 Å². The Kier molecular flexibility index (Phi) is 8.53. The van der Waals surface area contributed by atoms with Crippen LogP contribution in [0, 0.1) is 0 Å². The summed E-state index contributed by atoms with van der Waals surface area (Å²) in [6, 6.07) is 85.4. The number of rotatable bonds is 7. The summed E-state index contributed by atoms with van der Waals surface area (Å²) in [5.41, 5.74) is 14.1. The Hall–Kier alpha value is -8.20. The van der Waals surface area contributed by atoms with E-state index in [-0.39, 0.29) is 0 Å². The fraction of sp³-hybridized carbons (Fsp3) is 0. The third kappa shape index (κ3) is 5.96. The predicted octanol–water partition coefficient (Wildman–Crippen LogP) is 17.2. The second kappa shape index (κ2) is 14.8. The van der Waals surface area contributed by atoms with Crippen LogP contribution in [0.15, 0.2) is 241 Å². The summed E-state index contributed by atoms with van der Waals surface area (Å²) in [5.74, 6) is 0. The van der Waals surface area contributed by atoms with Gasteiger partial charge >= 0.3 is 0 Å². The fourth-order valence-corrected chi connectivity index (χ4v) is 9.57. The maximum atomic E-state index is 6.86. The number of anilines is 3. The molecule has 0 N–H and O–H groups in total. The van der Waals surface area contributed by atoms with Crippen molar-refractivity contribution in [2.75, 3.05) is 4.90 Å². The highest BCUT2D eigenvalue weighted by atomic mass is 16.3. The van der Waals surface area contributed by atoms with E-state index in [0.717, 1.165) is 72.4 Å². The minimum atomic E-state index is 0.862. The first-order valence-corrected chi connectivity index (χ1v) is 21.3. The molecule has 0 aliphatic carbocycles. The summed E-state index contributed by atoms with van der Waals surface area (Å²) in [4.78, 5) is 2.45. The molecule has 1 heterocycles. The summed E-state index contributed by atoms with van der Waals surface area (Å²) in [7, 11) is 0. The molecule has 12 aromatic rings. The van der Waals surface area contributed by atoms with E-state index in [0.29, 0.717) is 0 Å². The highest BCUT2D eigenvalue weighted by Gasteiger charge is 2.24. The van der Waals surface area contributed by atoms with Crippen molar-refractivity contribution in [1.82, 2.24) is 0 Å². The van der Waals surface area contributed by atoms with Gasteiger partial charge in [-0.15, -0.1) is 0 Å². The lowest BCUT2D eigenvalue weighted by atomic mass is 9.91. The quantitative estimate of drug-likeness (QED) is 0.150. The van der Waals surface area contributed by atoms with Crippen molar-refractivity contribution in [3.63, 3.8) is 0 Å². The van der Waals surface area contributed by atoms with E-state index in [4.69, 9.17) is 4.42 Å².